The van der Waals surface area contributed by atoms with Crippen LogP contribution >= 0.6 is 0 Å². The normalized spacial score (nSPS) is 11.1. The van der Waals surface area contributed by atoms with Gasteiger partial charge in [0, 0.05) is 6.07 Å². The molecule has 0 saturated carbocycles. The van der Waals surface area contributed by atoms with E-state index in [1.807, 2.05) is 0 Å². The number of ether oxygens (including phenoxy) is 2. The highest BCUT2D eigenvalue weighted by Gasteiger charge is 2.15. The first-order valence-electron chi connectivity index (χ1n) is 7.58. The van der Waals surface area contributed by atoms with Crippen molar-refractivity contribution in [3.8, 4) is 11.5 Å². The minimum atomic E-state index is -1.68. The Morgan fingerprint density at radius 3 is 2.44 bits per heavy atom. The summed E-state index contributed by atoms with van der Waals surface area (Å²) in [6.45, 7) is -0.483. The molecule has 10 heteroatoms. The third-order valence-corrected chi connectivity index (χ3v) is 3.37. The second-order valence-electron chi connectivity index (χ2n) is 5.16. The van der Waals surface area contributed by atoms with E-state index in [0.717, 1.165) is 6.07 Å². The molecule has 0 unspecified atom stereocenters. The number of benzene rings is 2. The number of amides is 1. The number of nitrogens with zero attached hydrogens (tertiary/aromatic N) is 1. The summed E-state index contributed by atoms with van der Waals surface area (Å²) in [5.41, 5.74) is 5.66. The fourth-order valence-electron chi connectivity index (χ4n) is 2.06. The Morgan fingerprint density at radius 1 is 1.04 bits per heavy atom. The summed E-state index contributed by atoms with van der Waals surface area (Å²) in [4.78, 5) is 15.6. The number of anilines is 2. The highest BCUT2D eigenvalue weighted by molar-refractivity contribution is 5.97. The molecule has 0 aliphatic carbocycles. The second-order valence-corrected chi connectivity index (χ2v) is 5.16. The van der Waals surface area contributed by atoms with Gasteiger partial charge in [-0.1, -0.05) is 0 Å². The van der Waals surface area contributed by atoms with Crippen LogP contribution in [0.5, 0.6) is 11.5 Å². The lowest BCUT2D eigenvalue weighted by atomic mass is 10.2. The molecule has 2 rings (SSSR count). The van der Waals surface area contributed by atoms with Crippen molar-refractivity contribution >= 4 is 23.2 Å². The van der Waals surface area contributed by atoms with Gasteiger partial charge in [-0.2, -0.15) is 0 Å². The maximum atomic E-state index is 13.5. The Hall–Kier alpha value is -3.43. The average molecular weight is 382 g/mol. The Bertz CT molecular complexity index is 875. The molecular formula is C17H17F3N4O3. The number of hydrogen-bond donors (Lipinski definition) is 3. The third kappa shape index (κ3) is 5.03. The Balaban J connectivity index is 2.03. The van der Waals surface area contributed by atoms with Gasteiger partial charge in [0.2, 0.25) is 5.91 Å². The number of carbonyl (C=O) groups is 1. The van der Waals surface area contributed by atoms with Gasteiger partial charge >= 0.3 is 0 Å². The summed E-state index contributed by atoms with van der Waals surface area (Å²) in [5, 5.41) is 4.82. The minimum absolute atomic E-state index is 0.123. The van der Waals surface area contributed by atoms with Gasteiger partial charge in [0.05, 0.1) is 25.6 Å². The van der Waals surface area contributed by atoms with Crippen molar-refractivity contribution in [1.82, 2.24) is 0 Å². The monoisotopic (exact) mass is 382 g/mol. The average Bonchev–Trinajstić information content (AvgIpc) is 2.66. The molecule has 4 N–H and O–H groups in total. The van der Waals surface area contributed by atoms with Crippen molar-refractivity contribution in [3.05, 3.63) is 47.8 Å². The molecule has 144 valence electrons. The number of hydrogen-bond acceptors (Lipinski definition) is 4. The van der Waals surface area contributed by atoms with Crippen LogP contribution in [-0.4, -0.2) is 32.6 Å². The molecule has 7 nitrogen and oxygen atoms in total. The lowest BCUT2D eigenvalue weighted by molar-refractivity contribution is -0.114. The van der Waals surface area contributed by atoms with Crippen molar-refractivity contribution in [1.29, 1.82) is 0 Å². The number of nitrogens with one attached hydrogen (secondary N) is 2. The maximum Gasteiger partial charge on any atom is 0.246 e. The first kappa shape index (κ1) is 19.9. The van der Waals surface area contributed by atoms with Crippen molar-refractivity contribution in [2.45, 2.75) is 0 Å². The van der Waals surface area contributed by atoms with Crippen LogP contribution in [-0.2, 0) is 4.79 Å². The van der Waals surface area contributed by atoms with Gasteiger partial charge in [-0.05, 0) is 24.3 Å². The van der Waals surface area contributed by atoms with Crippen LogP contribution in [0.25, 0.3) is 0 Å². The second kappa shape index (κ2) is 8.79. The van der Waals surface area contributed by atoms with Crippen molar-refractivity contribution < 1.29 is 27.4 Å². The van der Waals surface area contributed by atoms with Crippen LogP contribution in [0.15, 0.2) is 35.3 Å². The number of guanidine groups is 1. The molecule has 2 aromatic carbocycles. The number of aliphatic imine (C=N–C) groups is 1. The topological polar surface area (TPSA) is 98.0 Å². The van der Waals surface area contributed by atoms with Gasteiger partial charge in [0.1, 0.15) is 18.0 Å². The summed E-state index contributed by atoms with van der Waals surface area (Å²) in [5.74, 6) is -4.43. The summed E-state index contributed by atoms with van der Waals surface area (Å²) in [7, 11) is 2.95. The first-order valence-corrected chi connectivity index (χ1v) is 7.58. The molecule has 0 aliphatic rings. The van der Waals surface area contributed by atoms with Gasteiger partial charge in [-0.15, -0.1) is 0 Å². The van der Waals surface area contributed by atoms with Crippen LogP contribution in [0, 0.1) is 17.5 Å². The lowest BCUT2D eigenvalue weighted by Crippen LogP contribution is -2.25. The zero-order chi connectivity index (χ0) is 20.0. The minimum Gasteiger partial charge on any atom is -0.497 e. The molecule has 0 aliphatic heterocycles. The maximum absolute atomic E-state index is 13.5. The fourth-order valence-corrected chi connectivity index (χ4v) is 2.06. The third-order valence-electron chi connectivity index (χ3n) is 3.37. The van der Waals surface area contributed by atoms with E-state index in [0.29, 0.717) is 23.3 Å². The molecule has 2 aromatic rings. The molecule has 0 radical (unpaired) electrons. The van der Waals surface area contributed by atoms with Crippen LogP contribution in [0.1, 0.15) is 0 Å². The Kier molecular flexibility index (Phi) is 6.47. The number of carbonyl (C=O) groups excluding carboxylic acids is 1. The van der Waals surface area contributed by atoms with Gasteiger partial charge < -0.3 is 25.8 Å². The molecule has 0 aromatic heterocycles. The summed E-state index contributed by atoms with van der Waals surface area (Å²) in [6.07, 6.45) is 0. The summed E-state index contributed by atoms with van der Waals surface area (Å²) >= 11 is 0. The van der Waals surface area contributed by atoms with Crippen molar-refractivity contribution in [2.75, 3.05) is 31.4 Å². The Morgan fingerprint density at radius 2 is 1.78 bits per heavy atom. The van der Waals surface area contributed by atoms with E-state index >= 15 is 0 Å². The summed E-state index contributed by atoms with van der Waals surface area (Å²) < 4.78 is 49.8. The lowest BCUT2D eigenvalue weighted by Gasteiger charge is -2.12. The van der Waals surface area contributed by atoms with Crippen molar-refractivity contribution in [2.24, 2.45) is 10.7 Å². The first-order chi connectivity index (χ1) is 12.8. The quantitative estimate of drug-likeness (QED) is 0.405. The molecule has 0 bridgehead atoms. The Labute approximate surface area is 153 Å². The van der Waals surface area contributed by atoms with E-state index in [1.54, 1.807) is 18.2 Å². The van der Waals surface area contributed by atoms with Crippen LogP contribution in [0.2, 0.25) is 0 Å². The number of nitrogens with two attached hydrogens (primary N) is 1. The fraction of sp³-hybridized carbons (Fsp3) is 0.176. The molecule has 1 amide bonds. The predicted octanol–water partition coefficient (Wildman–Crippen LogP) is 2.49. The molecule has 0 spiro atoms. The van der Waals surface area contributed by atoms with Crippen LogP contribution in [0.3, 0.4) is 0 Å². The highest BCUT2D eigenvalue weighted by Crippen LogP contribution is 2.28. The zero-order valence-corrected chi connectivity index (χ0v) is 14.5. The van der Waals surface area contributed by atoms with E-state index in [9.17, 15) is 18.0 Å². The van der Waals surface area contributed by atoms with Gasteiger partial charge in [-0.3, -0.25) is 4.79 Å². The number of methoxy groups -OCH3 is 2. The summed E-state index contributed by atoms with van der Waals surface area (Å²) in [6, 6.07) is 6.53. The highest BCUT2D eigenvalue weighted by atomic mass is 19.2. The van der Waals surface area contributed by atoms with Gasteiger partial charge in [0.25, 0.3) is 0 Å². The SMILES string of the molecule is COc1ccc(OC)c(NC(N)=NCC(=O)Nc2ccc(F)c(F)c2F)c1. The largest absolute Gasteiger partial charge is 0.497 e. The molecule has 0 fully saturated rings. The standard InChI is InChI=1S/C17H17F3N4O3/c1-26-9-3-6-13(27-2)12(7-9)24-17(21)22-8-14(25)23-11-5-4-10(18)15(19)16(11)20/h3-7H,8H2,1-2H3,(H,23,25)(H3,21,22,24). The molecule has 0 saturated heterocycles. The van der Waals surface area contributed by atoms with E-state index in [1.165, 1.54) is 14.2 Å². The number of rotatable bonds is 6. The number of halogens is 3. The van der Waals surface area contributed by atoms with E-state index in [4.69, 9.17) is 15.2 Å². The molecular weight excluding hydrogens is 365 g/mol. The van der Waals surface area contributed by atoms with Crippen LogP contribution < -0.4 is 25.8 Å². The van der Waals surface area contributed by atoms with Gasteiger partial charge in [0.15, 0.2) is 23.4 Å². The smallest absolute Gasteiger partial charge is 0.246 e. The van der Waals surface area contributed by atoms with E-state index in [-0.39, 0.29) is 5.96 Å². The molecule has 0 atom stereocenters. The van der Waals surface area contributed by atoms with Gasteiger partial charge in [-0.25, -0.2) is 18.2 Å². The van der Waals surface area contributed by atoms with Crippen molar-refractivity contribution in [3.63, 3.8) is 0 Å². The van der Waals surface area contributed by atoms with E-state index < -0.39 is 35.6 Å². The zero-order valence-electron chi connectivity index (χ0n) is 14.5. The molecule has 27 heavy (non-hydrogen) atoms. The van der Waals surface area contributed by atoms with E-state index in [2.05, 4.69) is 15.6 Å². The van der Waals surface area contributed by atoms with Crippen LogP contribution in [0.4, 0.5) is 24.5 Å². The molecule has 0 heterocycles. The predicted molar refractivity (Wildman–Crippen MR) is 94.6 cm³/mol.